The Kier molecular flexibility index (Phi) is 7.60. The summed E-state index contributed by atoms with van der Waals surface area (Å²) in [7, 11) is 3.46. The lowest BCUT2D eigenvalue weighted by Gasteiger charge is -2.23. The Morgan fingerprint density at radius 3 is 2.50 bits per heavy atom. The van der Waals surface area contributed by atoms with Crippen molar-refractivity contribution in [1.29, 1.82) is 0 Å². The van der Waals surface area contributed by atoms with Crippen molar-refractivity contribution in [1.82, 2.24) is 25.1 Å². The van der Waals surface area contributed by atoms with Crippen molar-refractivity contribution < 1.29 is 18.7 Å². The average Bonchev–Trinajstić information content (AvgIpc) is 3.13. The van der Waals surface area contributed by atoms with Crippen LogP contribution in [0.25, 0.3) is 11.4 Å². The van der Waals surface area contributed by atoms with Crippen LogP contribution in [0.4, 0.5) is 15.1 Å². The van der Waals surface area contributed by atoms with E-state index in [1.54, 1.807) is 70.0 Å². The SMILES string of the molecule is CNc1nccc(-c2cc(CC(=O)[C@H](Cc3ccc(F)cc3)NC(=O)OC(C)(C)C)n(C)n2)n1. The van der Waals surface area contributed by atoms with Gasteiger partial charge >= 0.3 is 6.09 Å². The molecule has 2 N–H and O–H groups in total. The molecule has 1 atom stereocenters. The van der Waals surface area contributed by atoms with Gasteiger partial charge in [-0.3, -0.25) is 9.48 Å². The summed E-state index contributed by atoms with van der Waals surface area (Å²) in [6.07, 6.45) is 1.14. The third kappa shape index (κ3) is 6.84. The summed E-state index contributed by atoms with van der Waals surface area (Å²) in [5.74, 6) is -0.148. The quantitative estimate of drug-likeness (QED) is 0.522. The van der Waals surface area contributed by atoms with Gasteiger partial charge in [0.05, 0.1) is 18.2 Å². The van der Waals surface area contributed by atoms with E-state index in [0.717, 1.165) is 0 Å². The van der Waals surface area contributed by atoms with Gasteiger partial charge in [0.15, 0.2) is 5.78 Å². The van der Waals surface area contributed by atoms with E-state index in [-0.39, 0.29) is 24.4 Å². The number of nitrogens with zero attached hydrogens (tertiary/aromatic N) is 4. The van der Waals surface area contributed by atoms with Gasteiger partial charge in [-0.25, -0.2) is 19.2 Å². The fourth-order valence-corrected chi connectivity index (χ4v) is 3.27. The zero-order valence-corrected chi connectivity index (χ0v) is 19.9. The third-order valence-corrected chi connectivity index (χ3v) is 4.91. The molecule has 1 aromatic carbocycles. The smallest absolute Gasteiger partial charge is 0.408 e. The number of nitrogens with one attached hydrogen (secondary N) is 2. The van der Waals surface area contributed by atoms with Crippen molar-refractivity contribution in [2.75, 3.05) is 12.4 Å². The second-order valence-corrected chi connectivity index (χ2v) is 8.83. The van der Waals surface area contributed by atoms with Crippen molar-refractivity contribution in [2.24, 2.45) is 7.05 Å². The normalized spacial score (nSPS) is 12.2. The van der Waals surface area contributed by atoms with Crippen LogP contribution >= 0.6 is 0 Å². The van der Waals surface area contributed by atoms with Crippen LogP contribution in [0, 0.1) is 5.82 Å². The number of halogens is 1. The summed E-state index contributed by atoms with van der Waals surface area (Å²) >= 11 is 0. The van der Waals surface area contributed by atoms with Crippen molar-refractivity contribution in [3.8, 4) is 11.4 Å². The Morgan fingerprint density at radius 1 is 1.15 bits per heavy atom. The third-order valence-electron chi connectivity index (χ3n) is 4.91. The number of hydrogen-bond donors (Lipinski definition) is 2. The molecule has 0 radical (unpaired) electrons. The molecule has 0 saturated carbocycles. The lowest BCUT2D eigenvalue weighted by atomic mass is 9.99. The zero-order valence-electron chi connectivity index (χ0n) is 19.9. The van der Waals surface area contributed by atoms with Crippen molar-refractivity contribution in [3.05, 3.63) is 59.7 Å². The molecule has 0 unspecified atom stereocenters. The van der Waals surface area contributed by atoms with Gasteiger partial charge in [-0.2, -0.15) is 5.10 Å². The van der Waals surface area contributed by atoms with Gasteiger partial charge in [0, 0.05) is 26.0 Å². The summed E-state index contributed by atoms with van der Waals surface area (Å²) in [4.78, 5) is 34.1. The van der Waals surface area contributed by atoms with E-state index < -0.39 is 17.7 Å². The van der Waals surface area contributed by atoms with Crippen LogP contribution in [-0.2, 0) is 29.4 Å². The second-order valence-electron chi connectivity index (χ2n) is 8.83. The van der Waals surface area contributed by atoms with Crippen molar-refractivity contribution in [2.45, 2.75) is 45.3 Å². The number of amides is 1. The maximum Gasteiger partial charge on any atom is 0.408 e. The number of hydrogen-bond acceptors (Lipinski definition) is 7. The molecule has 2 aromatic heterocycles. The number of anilines is 1. The Bertz CT molecular complexity index is 1150. The van der Waals surface area contributed by atoms with E-state index in [9.17, 15) is 14.0 Å². The number of alkyl carbamates (subject to hydrolysis) is 1. The van der Waals surface area contributed by atoms with Crippen LogP contribution in [0.5, 0.6) is 0 Å². The molecule has 180 valence electrons. The van der Waals surface area contributed by atoms with E-state index in [2.05, 4.69) is 25.7 Å². The number of ketones is 1. The lowest BCUT2D eigenvalue weighted by molar-refractivity contribution is -0.120. The highest BCUT2D eigenvalue weighted by atomic mass is 19.1. The molecule has 34 heavy (non-hydrogen) atoms. The average molecular weight is 469 g/mol. The van der Waals surface area contributed by atoms with E-state index in [1.165, 1.54) is 12.1 Å². The summed E-state index contributed by atoms with van der Waals surface area (Å²) in [5, 5.41) is 10.0. The van der Waals surface area contributed by atoms with Gasteiger partial charge in [0.25, 0.3) is 0 Å². The van der Waals surface area contributed by atoms with Crippen LogP contribution in [0.1, 0.15) is 32.0 Å². The molecule has 0 spiro atoms. The van der Waals surface area contributed by atoms with Gasteiger partial charge in [-0.1, -0.05) is 12.1 Å². The molecule has 10 heteroatoms. The van der Waals surface area contributed by atoms with E-state index >= 15 is 0 Å². The predicted octanol–water partition coefficient (Wildman–Crippen LogP) is 3.31. The minimum atomic E-state index is -0.867. The Morgan fingerprint density at radius 2 is 1.85 bits per heavy atom. The summed E-state index contributed by atoms with van der Waals surface area (Å²) in [6.45, 7) is 5.23. The number of ether oxygens (including phenoxy) is 1. The molecule has 3 aromatic rings. The summed E-state index contributed by atoms with van der Waals surface area (Å²) < 4.78 is 20.3. The van der Waals surface area contributed by atoms with Gasteiger partial charge in [0.2, 0.25) is 5.95 Å². The molecule has 0 bridgehead atoms. The topological polar surface area (TPSA) is 111 Å². The minimum Gasteiger partial charge on any atom is -0.444 e. The van der Waals surface area contributed by atoms with E-state index in [1.807, 2.05) is 0 Å². The first kappa shape index (κ1) is 24.8. The first-order valence-electron chi connectivity index (χ1n) is 10.8. The molecule has 0 aliphatic heterocycles. The van der Waals surface area contributed by atoms with Gasteiger partial charge in [-0.05, 0) is 57.0 Å². The zero-order chi connectivity index (χ0) is 24.9. The monoisotopic (exact) mass is 468 g/mol. The second kappa shape index (κ2) is 10.4. The molecule has 0 aliphatic rings. The van der Waals surface area contributed by atoms with E-state index in [4.69, 9.17) is 4.74 Å². The molecule has 0 fully saturated rings. The number of carbonyl (C=O) groups excluding carboxylic acids is 2. The van der Waals surface area contributed by atoms with Gasteiger partial charge in [-0.15, -0.1) is 0 Å². The number of carbonyl (C=O) groups is 2. The fourth-order valence-electron chi connectivity index (χ4n) is 3.27. The largest absolute Gasteiger partial charge is 0.444 e. The van der Waals surface area contributed by atoms with Crippen molar-refractivity contribution >= 4 is 17.8 Å². The van der Waals surface area contributed by atoms with Crippen LogP contribution < -0.4 is 10.6 Å². The van der Waals surface area contributed by atoms with Crippen LogP contribution in [0.2, 0.25) is 0 Å². The fraction of sp³-hybridized carbons (Fsp3) is 0.375. The summed E-state index contributed by atoms with van der Waals surface area (Å²) in [6, 6.07) is 8.45. The standard InChI is InChI=1S/C24H29FN6O3/c1-24(2,3)34-23(33)29-20(12-15-6-8-16(25)9-7-15)21(32)14-17-13-19(30-31(17)5)18-10-11-27-22(26-4)28-18/h6-11,13,20H,12,14H2,1-5H3,(H,29,33)(H,26,27,28)/t20-/m0/s1. The number of benzene rings is 1. The highest BCUT2D eigenvalue weighted by Crippen LogP contribution is 2.19. The minimum absolute atomic E-state index is 0.0229. The van der Waals surface area contributed by atoms with Gasteiger partial charge < -0.3 is 15.4 Å². The van der Waals surface area contributed by atoms with Crippen LogP contribution in [-0.4, -0.2) is 50.3 Å². The first-order valence-corrected chi connectivity index (χ1v) is 10.8. The molecular weight excluding hydrogens is 439 g/mol. The molecular formula is C24H29FN6O3. The lowest BCUT2D eigenvalue weighted by Crippen LogP contribution is -2.45. The van der Waals surface area contributed by atoms with Crippen LogP contribution in [0.3, 0.4) is 0 Å². The Balaban J connectivity index is 1.80. The first-order chi connectivity index (χ1) is 16.0. The highest BCUT2D eigenvalue weighted by molar-refractivity contribution is 5.89. The molecule has 1 amide bonds. The summed E-state index contributed by atoms with van der Waals surface area (Å²) in [5.41, 5.74) is 1.86. The Labute approximate surface area is 197 Å². The molecule has 3 rings (SSSR count). The Hall–Kier alpha value is -3.82. The number of aromatic nitrogens is 4. The number of aryl methyl sites for hydroxylation is 1. The maximum atomic E-state index is 13.3. The van der Waals surface area contributed by atoms with Gasteiger partial charge in [0.1, 0.15) is 17.1 Å². The van der Waals surface area contributed by atoms with E-state index in [0.29, 0.717) is 28.6 Å². The predicted molar refractivity (Wildman–Crippen MR) is 126 cm³/mol. The molecule has 2 heterocycles. The van der Waals surface area contributed by atoms with Crippen LogP contribution in [0.15, 0.2) is 42.6 Å². The number of Topliss-reactive ketones (excluding diaryl/α,β-unsaturated/α-hetero) is 1. The maximum absolute atomic E-state index is 13.3. The molecule has 0 saturated heterocycles. The van der Waals surface area contributed by atoms with Crippen molar-refractivity contribution in [3.63, 3.8) is 0 Å². The number of rotatable bonds is 8. The molecule has 9 nitrogen and oxygen atoms in total. The molecule has 0 aliphatic carbocycles. The highest BCUT2D eigenvalue weighted by Gasteiger charge is 2.26.